The van der Waals surface area contributed by atoms with Gasteiger partial charge in [0, 0.05) is 10.9 Å². The van der Waals surface area contributed by atoms with E-state index in [4.69, 9.17) is 10.8 Å². The number of nitrogens with two attached hydrogens (primary N) is 1. The molecule has 0 bridgehead atoms. The number of carboxylic acid groups (broad SMARTS) is 1. The average Bonchev–Trinajstić information content (AvgIpc) is 2.66. The number of hydrogen-bond acceptors (Lipinski definition) is 5. The molecule has 0 aromatic heterocycles. The first kappa shape index (κ1) is 13.4. The van der Waals surface area contributed by atoms with Gasteiger partial charge in [-0.1, -0.05) is 25.1 Å². The van der Waals surface area contributed by atoms with Gasteiger partial charge in [0.05, 0.1) is 12.5 Å². The van der Waals surface area contributed by atoms with Crippen molar-refractivity contribution in [2.75, 3.05) is 6.61 Å². The van der Waals surface area contributed by atoms with E-state index in [1.54, 1.807) is 0 Å². The first-order valence-corrected chi connectivity index (χ1v) is 6.74. The van der Waals surface area contributed by atoms with Gasteiger partial charge in [0.25, 0.3) is 0 Å². The van der Waals surface area contributed by atoms with E-state index in [9.17, 15) is 14.7 Å². The average molecular weight is 272 g/mol. The first-order chi connectivity index (χ1) is 8.52. The minimum atomic E-state index is -1.13. The van der Waals surface area contributed by atoms with Gasteiger partial charge < -0.3 is 15.9 Å². The van der Waals surface area contributed by atoms with E-state index in [-0.39, 0.29) is 29.6 Å². The molecule has 0 aliphatic carbocycles. The van der Waals surface area contributed by atoms with Crippen molar-refractivity contribution in [2.24, 2.45) is 11.7 Å². The maximum atomic E-state index is 11.7. The number of rotatable bonds is 5. The lowest BCUT2D eigenvalue weighted by molar-refractivity contribution is -0.153. The van der Waals surface area contributed by atoms with Crippen molar-refractivity contribution in [2.45, 2.75) is 31.2 Å². The number of thioether (sulfide) groups is 1. The van der Waals surface area contributed by atoms with Crippen LogP contribution >= 0.6 is 11.8 Å². The van der Waals surface area contributed by atoms with Gasteiger partial charge in [0.1, 0.15) is 11.1 Å². The molecule has 0 aromatic rings. The minimum Gasteiger partial charge on any atom is -0.477 e. The Hall–Kier alpha value is -1.05. The summed E-state index contributed by atoms with van der Waals surface area (Å²) in [6.07, 6.45) is 1.53. The highest BCUT2D eigenvalue weighted by Gasteiger charge is 2.56. The van der Waals surface area contributed by atoms with Crippen LogP contribution in [-0.2, 0) is 9.59 Å². The van der Waals surface area contributed by atoms with E-state index in [1.165, 1.54) is 16.7 Å². The van der Waals surface area contributed by atoms with Crippen molar-refractivity contribution in [3.63, 3.8) is 0 Å². The molecule has 6 nitrogen and oxygen atoms in total. The molecule has 0 radical (unpaired) electrons. The molecule has 2 aliphatic heterocycles. The van der Waals surface area contributed by atoms with Crippen LogP contribution in [-0.4, -0.2) is 45.0 Å². The first-order valence-electron chi connectivity index (χ1n) is 5.86. The summed E-state index contributed by atoms with van der Waals surface area (Å²) in [5, 5.41) is 18.0. The van der Waals surface area contributed by atoms with E-state index < -0.39 is 11.9 Å². The molecule has 1 unspecified atom stereocenters. The highest BCUT2D eigenvalue weighted by atomic mass is 32.2. The zero-order valence-corrected chi connectivity index (χ0v) is 10.8. The normalized spacial score (nSPS) is 28.2. The summed E-state index contributed by atoms with van der Waals surface area (Å²) in [7, 11) is 0. The maximum absolute atomic E-state index is 11.7. The van der Waals surface area contributed by atoms with E-state index in [2.05, 4.69) is 0 Å². The fraction of sp³-hybridized carbons (Fsp3) is 0.636. The van der Waals surface area contributed by atoms with Gasteiger partial charge in [-0.05, 0) is 6.42 Å². The van der Waals surface area contributed by atoms with Crippen molar-refractivity contribution < 1.29 is 19.8 Å². The lowest BCUT2D eigenvalue weighted by atomic mass is 9.98. The van der Waals surface area contributed by atoms with Gasteiger partial charge in [-0.25, -0.2) is 4.79 Å². The number of aliphatic carboxylic acids is 1. The maximum Gasteiger partial charge on any atom is 0.353 e. The number of aliphatic hydroxyl groups is 1. The molecule has 18 heavy (non-hydrogen) atoms. The third kappa shape index (κ3) is 1.82. The van der Waals surface area contributed by atoms with E-state index in [1.807, 2.05) is 6.92 Å². The molecule has 0 saturated carbocycles. The Morgan fingerprint density at radius 3 is 2.78 bits per heavy atom. The lowest BCUT2D eigenvalue weighted by Crippen LogP contribution is -2.58. The Kier molecular flexibility index (Phi) is 3.65. The third-order valence-electron chi connectivity index (χ3n) is 3.21. The summed E-state index contributed by atoms with van der Waals surface area (Å²) < 4.78 is 0. The predicted octanol–water partition coefficient (Wildman–Crippen LogP) is -0.0664. The summed E-state index contributed by atoms with van der Waals surface area (Å²) in [5.41, 5.74) is 5.96. The standard InChI is InChI=1S/C11H16N2O4S/c1-2-3-6(12)8-7(11(16)17)13-9(15)5(4-14)10(13)18-8/h5-6,10,14H,2-4,12H2,1H3,(H,16,17)/t5-,6?,10+/m0/s1. The van der Waals surface area contributed by atoms with E-state index in [0.717, 1.165) is 6.42 Å². The molecule has 4 N–H and O–H groups in total. The second-order valence-electron chi connectivity index (χ2n) is 4.42. The van der Waals surface area contributed by atoms with Gasteiger partial charge in [0.2, 0.25) is 5.91 Å². The van der Waals surface area contributed by atoms with Gasteiger partial charge in [0.15, 0.2) is 0 Å². The van der Waals surface area contributed by atoms with Gasteiger partial charge >= 0.3 is 5.97 Å². The van der Waals surface area contributed by atoms with Crippen LogP contribution in [0.25, 0.3) is 0 Å². The van der Waals surface area contributed by atoms with Crippen LogP contribution < -0.4 is 5.73 Å². The Labute approximate surface area is 109 Å². The Morgan fingerprint density at radius 1 is 1.61 bits per heavy atom. The molecule has 1 amide bonds. The van der Waals surface area contributed by atoms with Crippen molar-refractivity contribution in [3.8, 4) is 0 Å². The minimum absolute atomic E-state index is 0.000602. The van der Waals surface area contributed by atoms with Crippen LogP contribution in [0.3, 0.4) is 0 Å². The number of hydrogen-bond donors (Lipinski definition) is 3. The highest BCUT2D eigenvalue weighted by molar-refractivity contribution is 8.04. The van der Waals surface area contributed by atoms with Crippen LogP contribution in [0, 0.1) is 5.92 Å². The summed E-state index contributed by atoms with van der Waals surface area (Å²) in [5.74, 6) is -1.96. The molecular weight excluding hydrogens is 256 g/mol. The van der Waals surface area contributed by atoms with Crippen molar-refractivity contribution >= 4 is 23.6 Å². The molecule has 0 aromatic carbocycles. The van der Waals surface area contributed by atoms with Crippen LogP contribution in [0.1, 0.15) is 19.8 Å². The number of carboxylic acids is 1. The van der Waals surface area contributed by atoms with Crippen molar-refractivity contribution in [1.29, 1.82) is 0 Å². The zero-order valence-electron chi connectivity index (χ0n) is 10.00. The van der Waals surface area contributed by atoms with Crippen LogP contribution in [0.15, 0.2) is 10.6 Å². The van der Waals surface area contributed by atoms with Crippen LogP contribution in [0.2, 0.25) is 0 Å². The van der Waals surface area contributed by atoms with Gasteiger partial charge in [-0.2, -0.15) is 0 Å². The monoisotopic (exact) mass is 272 g/mol. The second kappa shape index (κ2) is 4.91. The highest BCUT2D eigenvalue weighted by Crippen LogP contribution is 2.50. The molecule has 2 heterocycles. The molecule has 3 atom stereocenters. The zero-order chi connectivity index (χ0) is 13.4. The molecule has 7 heteroatoms. The second-order valence-corrected chi connectivity index (χ2v) is 5.58. The number of carbonyl (C=O) groups excluding carboxylic acids is 1. The molecule has 2 rings (SSSR count). The van der Waals surface area contributed by atoms with Crippen LogP contribution in [0.4, 0.5) is 0 Å². The van der Waals surface area contributed by atoms with E-state index in [0.29, 0.717) is 11.3 Å². The van der Waals surface area contributed by atoms with Crippen molar-refractivity contribution in [1.82, 2.24) is 4.90 Å². The fourth-order valence-electron chi connectivity index (χ4n) is 2.28. The molecular formula is C11H16N2O4S. The largest absolute Gasteiger partial charge is 0.477 e. The number of amides is 1. The smallest absolute Gasteiger partial charge is 0.353 e. The van der Waals surface area contributed by atoms with Crippen LogP contribution in [0.5, 0.6) is 0 Å². The number of fused-ring (bicyclic) bond motifs is 1. The molecule has 2 aliphatic rings. The lowest BCUT2D eigenvalue weighted by Gasteiger charge is -2.41. The van der Waals surface area contributed by atoms with Gasteiger partial charge in [-0.15, -0.1) is 0 Å². The van der Waals surface area contributed by atoms with Gasteiger partial charge in [-0.3, -0.25) is 9.69 Å². The molecule has 100 valence electrons. The Bertz CT molecular complexity index is 423. The summed E-state index contributed by atoms with van der Waals surface area (Å²) in [4.78, 5) is 24.8. The quantitative estimate of drug-likeness (QED) is 0.605. The third-order valence-corrected chi connectivity index (χ3v) is 4.74. The van der Waals surface area contributed by atoms with E-state index >= 15 is 0 Å². The summed E-state index contributed by atoms with van der Waals surface area (Å²) in [6.45, 7) is 1.72. The fourth-order valence-corrected chi connectivity index (χ4v) is 3.81. The molecule has 1 fully saturated rings. The number of β-lactam (4-membered cyclic amide) rings is 1. The number of nitrogens with zero attached hydrogens (tertiary/aromatic N) is 1. The Balaban J connectivity index is 2.28. The summed E-state index contributed by atoms with van der Waals surface area (Å²) in [6, 6.07) is -0.358. The molecule has 1 saturated heterocycles. The Morgan fingerprint density at radius 2 is 2.28 bits per heavy atom. The van der Waals surface area contributed by atoms with Crippen molar-refractivity contribution in [3.05, 3.63) is 10.6 Å². The SMILES string of the molecule is CCCC(N)C1=C(C(=O)O)N2C(=O)[C@H](CO)[C@H]2S1. The number of aliphatic hydroxyl groups excluding tert-OH is 1. The summed E-state index contributed by atoms with van der Waals surface area (Å²) >= 11 is 1.30. The topological polar surface area (TPSA) is 104 Å². The predicted molar refractivity (Wildman–Crippen MR) is 66.3 cm³/mol. The molecule has 0 spiro atoms. The number of carbonyl (C=O) groups is 2.